The highest BCUT2D eigenvalue weighted by atomic mass is 35.5. The Kier molecular flexibility index (Phi) is 3.53. The highest BCUT2D eigenvalue weighted by molar-refractivity contribution is 6.31. The van der Waals surface area contributed by atoms with E-state index in [9.17, 15) is 4.79 Å². The molecular formula is C12H11ClN2O3. The van der Waals surface area contributed by atoms with Crippen LogP contribution in [0.15, 0.2) is 28.8 Å². The van der Waals surface area contributed by atoms with E-state index in [1.54, 1.807) is 6.07 Å². The quantitative estimate of drug-likeness (QED) is 0.890. The van der Waals surface area contributed by atoms with Gasteiger partial charge >= 0.3 is 5.97 Å². The van der Waals surface area contributed by atoms with Crippen LogP contribution in [-0.4, -0.2) is 16.1 Å². The summed E-state index contributed by atoms with van der Waals surface area (Å²) in [5.74, 6) is -0.992. The molecule has 0 atom stereocenters. The molecule has 94 valence electrons. The van der Waals surface area contributed by atoms with Gasteiger partial charge < -0.3 is 14.8 Å². The van der Waals surface area contributed by atoms with Crippen molar-refractivity contribution in [2.45, 2.75) is 13.5 Å². The summed E-state index contributed by atoms with van der Waals surface area (Å²) < 4.78 is 5.03. The van der Waals surface area contributed by atoms with Crippen molar-refractivity contribution >= 4 is 23.3 Å². The Morgan fingerprint density at radius 2 is 2.33 bits per heavy atom. The molecule has 2 aromatic rings. The molecule has 1 aromatic heterocycles. The summed E-state index contributed by atoms with van der Waals surface area (Å²) >= 11 is 5.98. The summed E-state index contributed by atoms with van der Waals surface area (Å²) in [4.78, 5) is 14.5. The van der Waals surface area contributed by atoms with Crippen LogP contribution < -0.4 is 5.32 Å². The number of aromatic carboxylic acids is 1. The molecule has 6 heteroatoms. The molecule has 0 bridgehead atoms. The number of oxazole rings is 1. The van der Waals surface area contributed by atoms with Gasteiger partial charge in [-0.15, -0.1) is 0 Å². The molecular weight excluding hydrogens is 256 g/mol. The maximum atomic E-state index is 10.6. The van der Waals surface area contributed by atoms with Crippen molar-refractivity contribution in [2.24, 2.45) is 0 Å². The third kappa shape index (κ3) is 2.62. The van der Waals surface area contributed by atoms with E-state index < -0.39 is 5.97 Å². The molecule has 0 fully saturated rings. The number of carbonyl (C=O) groups is 1. The number of carboxylic acid groups (broad SMARTS) is 1. The Labute approximate surface area is 108 Å². The van der Waals surface area contributed by atoms with Gasteiger partial charge in [-0.3, -0.25) is 0 Å². The fourth-order valence-electron chi connectivity index (χ4n) is 1.46. The van der Waals surface area contributed by atoms with Crippen molar-refractivity contribution in [3.8, 4) is 0 Å². The van der Waals surface area contributed by atoms with E-state index in [2.05, 4.69) is 10.3 Å². The zero-order chi connectivity index (χ0) is 13.1. The van der Waals surface area contributed by atoms with E-state index in [1.165, 1.54) is 6.20 Å². The van der Waals surface area contributed by atoms with E-state index in [1.807, 2.05) is 19.1 Å². The standard InChI is InChI=1S/C12H11ClN2O3/c1-7-8(13)3-2-4-9(7)14-6-11-15-5-10(18-11)12(16)17/h2-5,14H,6H2,1H3,(H,16,17). The van der Waals surface area contributed by atoms with Gasteiger partial charge in [0, 0.05) is 10.7 Å². The second kappa shape index (κ2) is 5.10. The van der Waals surface area contributed by atoms with Gasteiger partial charge in [-0.05, 0) is 24.6 Å². The predicted molar refractivity (Wildman–Crippen MR) is 67.0 cm³/mol. The summed E-state index contributed by atoms with van der Waals surface area (Å²) in [6, 6.07) is 5.51. The van der Waals surface area contributed by atoms with Crippen molar-refractivity contribution < 1.29 is 14.3 Å². The summed E-state index contributed by atoms with van der Waals surface area (Å²) in [5, 5.41) is 12.4. The Balaban J connectivity index is 2.07. The van der Waals surface area contributed by atoms with E-state index in [-0.39, 0.29) is 5.76 Å². The number of nitrogens with one attached hydrogen (secondary N) is 1. The third-order valence-corrected chi connectivity index (χ3v) is 2.87. The first-order valence-corrected chi connectivity index (χ1v) is 5.62. The Morgan fingerprint density at radius 1 is 1.56 bits per heavy atom. The number of nitrogens with zero attached hydrogens (tertiary/aromatic N) is 1. The Hall–Kier alpha value is -2.01. The maximum absolute atomic E-state index is 10.6. The van der Waals surface area contributed by atoms with Gasteiger partial charge in [0.1, 0.15) is 0 Å². The number of rotatable bonds is 4. The highest BCUT2D eigenvalue weighted by Gasteiger charge is 2.10. The number of benzene rings is 1. The SMILES string of the molecule is Cc1c(Cl)cccc1NCc1ncc(C(=O)O)o1. The minimum atomic E-state index is -1.13. The van der Waals surface area contributed by atoms with Crippen LogP contribution in [0.5, 0.6) is 0 Å². The first kappa shape index (κ1) is 12.4. The lowest BCUT2D eigenvalue weighted by Crippen LogP contribution is -2.01. The molecule has 2 N–H and O–H groups in total. The molecule has 1 heterocycles. The van der Waals surface area contributed by atoms with Gasteiger partial charge in [0.25, 0.3) is 0 Å². The molecule has 0 saturated carbocycles. The Morgan fingerprint density at radius 3 is 3.00 bits per heavy atom. The zero-order valence-corrected chi connectivity index (χ0v) is 10.4. The first-order chi connectivity index (χ1) is 8.58. The molecule has 0 unspecified atom stereocenters. The first-order valence-electron chi connectivity index (χ1n) is 5.25. The summed E-state index contributed by atoms with van der Waals surface area (Å²) in [5.41, 5.74) is 1.78. The lowest BCUT2D eigenvalue weighted by molar-refractivity contribution is 0.0660. The van der Waals surface area contributed by atoms with Crippen LogP contribution in [0.2, 0.25) is 5.02 Å². The molecule has 0 aliphatic rings. The smallest absolute Gasteiger partial charge is 0.373 e. The lowest BCUT2D eigenvalue weighted by atomic mass is 10.2. The van der Waals surface area contributed by atoms with E-state index in [4.69, 9.17) is 21.1 Å². The van der Waals surface area contributed by atoms with Crippen molar-refractivity contribution in [2.75, 3.05) is 5.32 Å². The maximum Gasteiger partial charge on any atom is 0.373 e. The van der Waals surface area contributed by atoms with Crippen LogP contribution in [0, 0.1) is 6.92 Å². The number of halogens is 1. The summed E-state index contributed by atoms with van der Waals surface area (Å²) in [7, 11) is 0. The van der Waals surface area contributed by atoms with Crippen LogP contribution in [0.4, 0.5) is 5.69 Å². The molecule has 1 aromatic carbocycles. The van der Waals surface area contributed by atoms with Crippen LogP contribution in [0.3, 0.4) is 0 Å². The van der Waals surface area contributed by atoms with Crippen molar-refractivity contribution in [1.82, 2.24) is 4.98 Å². The van der Waals surface area contributed by atoms with Gasteiger partial charge in [0.2, 0.25) is 11.7 Å². The van der Waals surface area contributed by atoms with Crippen molar-refractivity contribution in [3.05, 3.63) is 46.6 Å². The van der Waals surface area contributed by atoms with Gasteiger partial charge in [-0.1, -0.05) is 17.7 Å². The molecule has 0 aliphatic heterocycles. The minimum absolute atomic E-state index is 0.172. The highest BCUT2D eigenvalue weighted by Crippen LogP contribution is 2.23. The zero-order valence-electron chi connectivity index (χ0n) is 9.61. The third-order valence-electron chi connectivity index (χ3n) is 2.46. The summed E-state index contributed by atoms with van der Waals surface area (Å²) in [6.07, 6.45) is 1.18. The molecule has 0 radical (unpaired) electrons. The van der Waals surface area contributed by atoms with E-state index in [0.29, 0.717) is 17.5 Å². The van der Waals surface area contributed by atoms with Gasteiger partial charge in [-0.2, -0.15) is 0 Å². The molecule has 2 rings (SSSR count). The predicted octanol–water partition coefficient (Wildman–Crippen LogP) is 2.95. The number of aromatic nitrogens is 1. The fraction of sp³-hybridized carbons (Fsp3) is 0.167. The van der Waals surface area contributed by atoms with Crippen molar-refractivity contribution in [1.29, 1.82) is 0 Å². The number of anilines is 1. The molecule has 0 spiro atoms. The topological polar surface area (TPSA) is 75.4 Å². The molecule has 0 amide bonds. The number of hydrogen-bond acceptors (Lipinski definition) is 4. The van der Waals surface area contributed by atoms with E-state index in [0.717, 1.165) is 11.3 Å². The number of hydrogen-bond donors (Lipinski definition) is 2. The van der Waals surface area contributed by atoms with Crippen molar-refractivity contribution in [3.63, 3.8) is 0 Å². The second-order valence-corrected chi connectivity index (χ2v) is 4.10. The van der Waals surface area contributed by atoms with Gasteiger partial charge in [-0.25, -0.2) is 9.78 Å². The second-order valence-electron chi connectivity index (χ2n) is 3.69. The average Bonchev–Trinajstić information content (AvgIpc) is 2.80. The van der Waals surface area contributed by atoms with Crippen LogP contribution in [0.1, 0.15) is 22.0 Å². The monoisotopic (exact) mass is 266 g/mol. The average molecular weight is 267 g/mol. The Bertz CT molecular complexity index is 580. The van der Waals surface area contributed by atoms with Gasteiger partial charge in [0.05, 0.1) is 12.7 Å². The van der Waals surface area contributed by atoms with Crippen LogP contribution in [0.25, 0.3) is 0 Å². The minimum Gasteiger partial charge on any atom is -0.475 e. The number of carboxylic acids is 1. The molecule has 0 saturated heterocycles. The largest absolute Gasteiger partial charge is 0.475 e. The van der Waals surface area contributed by atoms with Crippen LogP contribution in [-0.2, 0) is 6.54 Å². The van der Waals surface area contributed by atoms with Crippen LogP contribution >= 0.6 is 11.6 Å². The fourth-order valence-corrected chi connectivity index (χ4v) is 1.64. The molecule has 0 aliphatic carbocycles. The normalized spacial score (nSPS) is 10.3. The lowest BCUT2D eigenvalue weighted by Gasteiger charge is -2.08. The molecule has 5 nitrogen and oxygen atoms in total. The summed E-state index contributed by atoms with van der Waals surface area (Å²) in [6.45, 7) is 2.19. The molecule has 18 heavy (non-hydrogen) atoms. The van der Waals surface area contributed by atoms with E-state index >= 15 is 0 Å². The van der Waals surface area contributed by atoms with Gasteiger partial charge in [0.15, 0.2) is 0 Å².